The molecule has 5 heteroatoms. The fraction of sp³-hybridized carbons (Fsp3) is 0.650. The van der Waals surface area contributed by atoms with Gasteiger partial charge in [0.1, 0.15) is 0 Å². The van der Waals surface area contributed by atoms with Gasteiger partial charge in [0.25, 0.3) is 0 Å². The average molecular weight is 358 g/mol. The molecule has 0 aliphatic rings. The van der Waals surface area contributed by atoms with Gasteiger partial charge in [0.2, 0.25) is 0 Å². The summed E-state index contributed by atoms with van der Waals surface area (Å²) in [5.41, 5.74) is -0.886. The maximum absolute atomic E-state index is 12.6. The van der Waals surface area contributed by atoms with Gasteiger partial charge < -0.3 is 4.74 Å². The van der Waals surface area contributed by atoms with Crippen LogP contribution in [0.2, 0.25) is 0 Å². The first-order valence-electron chi connectivity index (χ1n) is 9.29. The van der Waals surface area contributed by atoms with Crippen molar-refractivity contribution >= 4 is 5.97 Å². The van der Waals surface area contributed by atoms with E-state index in [0.29, 0.717) is 0 Å². The van der Waals surface area contributed by atoms with Crippen LogP contribution in [0.3, 0.4) is 0 Å². The van der Waals surface area contributed by atoms with Crippen molar-refractivity contribution in [3.05, 3.63) is 35.4 Å². The normalized spacial score (nSPS) is 11.5. The molecule has 0 atom stereocenters. The van der Waals surface area contributed by atoms with Crippen molar-refractivity contribution in [1.82, 2.24) is 0 Å². The third-order valence-corrected chi connectivity index (χ3v) is 4.16. The van der Waals surface area contributed by atoms with Gasteiger partial charge in [-0.15, -0.1) is 0 Å². The van der Waals surface area contributed by atoms with Crippen molar-refractivity contribution in [2.75, 3.05) is 6.61 Å². The molecule has 1 aromatic rings. The summed E-state index contributed by atoms with van der Waals surface area (Å²) in [6, 6.07) is 4.34. The number of unbranched alkanes of at least 4 members (excludes halogenated alkanes) is 9. The Balaban J connectivity index is 2.11. The molecule has 0 saturated carbocycles. The topological polar surface area (TPSA) is 26.3 Å². The van der Waals surface area contributed by atoms with Crippen LogP contribution in [0.5, 0.6) is 0 Å². The third kappa shape index (κ3) is 9.51. The molecule has 1 aromatic carbocycles. The van der Waals surface area contributed by atoms with E-state index in [0.717, 1.165) is 31.4 Å². The second-order valence-corrected chi connectivity index (χ2v) is 6.40. The minimum Gasteiger partial charge on any atom is -0.462 e. The lowest BCUT2D eigenvalue weighted by Crippen LogP contribution is -2.10. The van der Waals surface area contributed by atoms with Crippen molar-refractivity contribution in [3.63, 3.8) is 0 Å². The van der Waals surface area contributed by atoms with Gasteiger partial charge in [-0.3, -0.25) is 0 Å². The molecular formula is C20H29F3O2. The highest BCUT2D eigenvalue weighted by Gasteiger charge is 2.31. The van der Waals surface area contributed by atoms with Crippen molar-refractivity contribution in [3.8, 4) is 0 Å². The van der Waals surface area contributed by atoms with Crippen LogP contribution in [0.15, 0.2) is 24.3 Å². The SMILES string of the molecule is CCCCCCCCCCCCOC(=O)c1cccc(C(F)(F)F)c1. The highest BCUT2D eigenvalue weighted by atomic mass is 19.4. The number of rotatable bonds is 12. The van der Waals surface area contributed by atoms with Gasteiger partial charge in [-0.2, -0.15) is 13.2 Å². The summed E-state index contributed by atoms with van der Waals surface area (Å²) in [5.74, 6) is -0.693. The van der Waals surface area contributed by atoms with Gasteiger partial charge in [-0.05, 0) is 24.6 Å². The third-order valence-electron chi connectivity index (χ3n) is 4.16. The Morgan fingerprint density at radius 2 is 1.48 bits per heavy atom. The number of esters is 1. The number of carbonyl (C=O) groups excluding carboxylic acids is 1. The van der Waals surface area contributed by atoms with Gasteiger partial charge >= 0.3 is 12.1 Å². The molecular weight excluding hydrogens is 329 g/mol. The molecule has 0 aromatic heterocycles. The minimum atomic E-state index is -4.45. The van der Waals surface area contributed by atoms with Crippen LogP contribution < -0.4 is 0 Å². The molecule has 0 amide bonds. The smallest absolute Gasteiger partial charge is 0.416 e. The molecule has 2 nitrogen and oxygen atoms in total. The Morgan fingerprint density at radius 3 is 2.04 bits per heavy atom. The van der Waals surface area contributed by atoms with E-state index in [9.17, 15) is 18.0 Å². The number of alkyl halides is 3. The predicted octanol–water partition coefficient (Wildman–Crippen LogP) is 6.78. The van der Waals surface area contributed by atoms with Crippen LogP contribution in [-0.4, -0.2) is 12.6 Å². The van der Waals surface area contributed by atoms with Crippen LogP contribution in [-0.2, 0) is 10.9 Å². The van der Waals surface area contributed by atoms with E-state index >= 15 is 0 Å². The number of hydrogen-bond donors (Lipinski definition) is 0. The summed E-state index contributed by atoms with van der Waals surface area (Å²) >= 11 is 0. The molecule has 0 N–H and O–H groups in total. The van der Waals surface area contributed by atoms with Gasteiger partial charge in [-0.1, -0.05) is 70.8 Å². The van der Waals surface area contributed by atoms with Crippen LogP contribution in [0.4, 0.5) is 13.2 Å². The molecule has 0 fully saturated rings. The fourth-order valence-electron chi connectivity index (χ4n) is 2.66. The number of carbonyl (C=O) groups is 1. The summed E-state index contributed by atoms with van der Waals surface area (Å²) in [6.07, 6.45) is 7.31. The summed E-state index contributed by atoms with van der Waals surface area (Å²) in [7, 11) is 0. The zero-order chi connectivity index (χ0) is 18.5. The van der Waals surface area contributed by atoms with E-state index in [1.54, 1.807) is 0 Å². The standard InChI is InChI=1S/C20H29F3O2/c1-2-3-4-5-6-7-8-9-10-11-15-25-19(24)17-13-12-14-18(16-17)20(21,22)23/h12-14,16H,2-11,15H2,1H3. The lowest BCUT2D eigenvalue weighted by atomic mass is 10.1. The molecule has 0 spiro atoms. The minimum absolute atomic E-state index is 0.0538. The van der Waals surface area contributed by atoms with Gasteiger partial charge in [0.05, 0.1) is 17.7 Å². The van der Waals surface area contributed by atoms with E-state index in [4.69, 9.17) is 4.74 Å². The van der Waals surface area contributed by atoms with E-state index in [1.165, 1.54) is 57.1 Å². The van der Waals surface area contributed by atoms with E-state index in [2.05, 4.69) is 6.92 Å². The fourth-order valence-corrected chi connectivity index (χ4v) is 2.66. The number of halogens is 3. The maximum atomic E-state index is 12.6. The summed E-state index contributed by atoms with van der Waals surface area (Å²) in [4.78, 5) is 11.8. The summed E-state index contributed by atoms with van der Waals surface area (Å²) in [5, 5.41) is 0. The molecule has 0 unspecified atom stereocenters. The van der Waals surface area contributed by atoms with Crippen LogP contribution in [0, 0.1) is 0 Å². The lowest BCUT2D eigenvalue weighted by molar-refractivity contribution is -0.137. The second-order valence-electron chi connectivity index (χ2n) is 6.40. The zero-order valence-electron chi connectivity index (χ0n) is 15.0. The molecule has 0 radical (unpaired) electrons. The van der Waals surface area contributed by atoms with Gasteiger partial charge in [-0.25, -0.2) is 4.79 Å². The van der Waals surface area contributed by atoms with Gasteiger partial charge in [0, 0.05) is 0 Å². The maximum Gasteiger partial charge on any atom is 0.416 e. The Bertz CT molecular complexity index is 498. The Morgan fingerprint density at radius 1 is 0.920 bits per heavy atom. The molecule has 142 valence electrons. The second kappa shape index (κ2) is 11.9. The quantitative estimate of drug-likeness (QED) is 0.304. The van der Waals surface area contributed by atoms with Crippen molar-refractivity contribution in [2.24, 2.45) is 0 Å². The summed E-state index contributed by atoms with van der Waals surface area (Å²) in [6.45, 7) is 2.46. The molecule has 0 aliphatic heterocycles. The van der Waals surface area contributed by atoms with Crippen LogP contribution in [0.25, 0.3) is 0 Å². The number of benzene rings is 1. The molecule has 0 heterocycles. The number of ether oxygens (including phenoxy) is 1. The first-order chi connectivity index (χ1) is 11.9. The Labute approximate surface area is 148 Å². The zero-order valence-corrected chi connectivity index (χ0v) is 15.0. The molecule has 1 rings (SSSR count). The van der Waals surface area contributed by atoms with E-state index < -0.39 is 17.7 Å². The summed E-state index contributed by atoms with van der Waals surface area (Å²) < 4.78 is 42.9. The Kier molecular flexibility index (Phi) is 10.3. The molecule has 0 saturated heterocycles. The highest BCUT2D eigenvalue weighted by Crippen LogP contribution is 2.29. The van der Waals surface area contributed by atoms with E-state index in [1.807, 2.05) is 0 Å². The molecule has 0 bridgehead atoms. The molecule has 25 heavy (non-hydrogen) atoms. The highest BCUT2D eigenvalue weighted by molar-refractivity contribution is 5.89. The monoisotopic (exact) mass is 358 g/mol. The largest absolute Gasteiger partial charge is 0.462 e. The first kappa shape index (κ1) is 21.5. The predicted molar refractivity (Wildman–Crippen MR) is 93.6 cm³/mol. The first-order valence-corrected chi connectivity index (χ1v) is 9.29. The Hall–Kier alpha value is -1.52. The van der Waals surface area contributed by atoms with Crippen molar-refractivity contribution in [2.45, 2.75) is 77.3 Å². The van der Waals surface area contributed by atoms with Crippen LogP contribution in [0.1, 0.15) is 87.1 Å². The van der Waals surface area contributed by atoms with E-state index in [-0.39, 0.29) is 12.2 Å². The number of hydrogen-bond acceptors (Lipinski definition) is 2. The van der Waals surface area contributed by atoms with Crippen LogP contribution >= 0.6 is 0 Å². The van der Waals surface area contributed by atoms with Crippen molar-refractivity contribution in [1.29, 1.82) is 0 Å². The molecule has 0 aliphatic carbocycles. The average Bonchev–Trinajstić information content (AvgIpc) is 2.59. The van der Waals surface area contributed by atoms with Gasteiger partial charge in [0.15, 0.2) is 0 Å². The van der Waals surface area contributed by atoms with Crippen molar-refractivity contribution < 1.29 is 22.7 Å². The lowest BCUT2D eigenvalue weighted by Gasteiger charge is -2.09.